The van der Waals surface area contributed by atoms with Crippen molar-refractivity contribution in [1.29, 1.82) is 0 Å². The zero-order valence-corrected chi connectivity index (χ0v) is 12.2. The minimum Gasteiger partial charge on any atom is -0.497 e. The number of hydrogen-bond donors (Lipinski definition) is 1. The molecule has 1 N–H and O–H groups in total. The Hall–Kier alpha value is -2.30. The van der Waals surface area contributed by atoms with E-state index in [1.807, 2.05) is 45.2 Å². The Morgan fingerprint density at radius 1 is 1.10 bits per heavy atom. The summed E-state index contributed by atoms with van der Waals surface area (Å²) in [5.74, 6) is 2.92. The van der Waals surface area contributed by atoms with Crippen molar-refractivity contribution < 1.29 is 9.47 Å². The summed E-state index contributed by atoms with van der Waals surface area (Å²) >= 11 is 0. The molecular weight excluding hydrogens is 254 g/mol. The van der Waals surface area contributed by atoms with E-state index in [9.17, 15) is 0 Å². The van der Waals surface area contributed by atoms with E-state index in [4.69, 9.17) is 9.47 Å². The van der Waals surface area contributed by atoms with Crippen LogP contribution in [-0.2, 0) is 6.61 Å². The molecule has 1 heterocycles. The summed E-state index contributed by atoms with van der Waals surface area (Å²) < 4.78 is 10.9. The summed E-state index contributed by atoms with van der Waals surface area (Å²) in [6.07, 6.45) is 0. The van der Waals surface area contributed by atoms with Gasteiger partial charge in [0.2, 0.25) is 5.88 Å². The predicted octanol–water partition coefficient (Wildman–Crippen LogP) is 2.72. The van der Waals surface area contributed by atoms with Crippen molar-refractivity contribution in [2.45, 2.75) is 20.5 Å². The zero-order valence-electron chi connectivity index (χ0n) is 12.2. The molecule has 0 aliphatic heterocycles. The molecule has 0 unspecified atom stereocenters. The Bertz CT molecular complexity index is 582. The van der Waals surface area contributed by atoms with Crippen LogP contribution in [-0.4, -0.2) is 24.1 Å². The normalized spacial score (nSPS) is 10.2. The van der Waals surface area contributed by atoms with Gasteiger partial charge in [-0.05, 0) is 31.5 Å². The van der Waals surface area contributed by atoms with E-state index in [0.29, 0.717) is 18.3 Å². The maximum Gasteiger partial charge on any atom is 0.222 e. The highest BCUT2D eigenvalue weighted by atomic mass is 16.5. The molecule has 0 fully saturated rings. The van der Waals surface area contributed by atoms with E-state index in [0.717, 1.165) is 22.7 Å². The van der Waals surface area contributed by atoms with Gasteiger partial charge in [-0.15, -0.1) is 0 Å². The molecule has 0 amide bonds. The van der Waals surface area contributed by atoms with E-state index in [-0.39, 0.29) is 0 Å². The van der Waals surface area contributed by atoms with Crippen LogP contribution in [0.4, 0.5) is 5.82 Å². The van der Waals surface area contributed by atoms with Crippen molar-refractivity contribution in [3.05, 3.63) is 41.2 Å². The van der Waals surface area contributed by atoms with Crippen LogP contribution in [0.3, 0.4) is 0 Å². The van der Waals surface area contributed by atoms with Crippen LogP contribution < -0.4 is 14.8 Å². The summed E-state index contributed by atoms with van der Waals surface area (Å²) in [6, 6.07) is 7.77. The maximum absolute atomic E-state index is 5.79. The maximum atomic E-state index is 5.79. The molecule has 0 saturated carbocycles. The molecule has 0 spiro atoms. The molecule has 2 aromatic rings. The molecule has 106 valence electrons. The first-order chi connectivity index (χ1) is 9.63. The molecule has 0 bridgehead atoms. The molecule has 0 saturated heterocycles. The fraction of sp³-hybridized carbons (Fsp3) is 0.333. The number of anilines is 1. The van der Waals surface area contributed by atoms with Gasteiger partial charge in [0.15, 0.2) is 0 Å². The van der Waals surface area contributed by atoms with Gasteiger partial charge < -0.3 is 14.8 Å². The summed E-state index contributed by atoms with van der Waals surface area (Å²) in [5, 5.41) is 3.04. The van der Waals surface area contributed by atoms with Gasteiger partial charge in [-0.3, -0.25) is 0 Å². The van der Waals surface area contributed by atoms with E-state index in [2.05, 4.69) is 15.3 Å². The summed E-state index contributed by atoms with van der Waals surface area (Å²) in [6.45, 7) is 4.25. The summed E-state index contributed by atoms with van der Waals surface area (Å²) in [5.41, 5.74) is 1.97. The van der Waals surface area contributed by atoms with Crippen molar-refractivity contribution in [2.75, 3.05) is 19.5 Å². The highest BCUT2D eigenvalue weighted by Crippen LogP contribution is 2.22. The fourth-order valence-corrected chi connectivity index (χ4v) is 1.86. The first kappa shape index (κ1) is 14.1. The van der Waals surface area contributed by atoms with Gasteiger partial charge in [0.05, 0.1) is 12.7 Å². The Kier molecular flexibility index (Phi) is 4.40. The van der Waals surface area contributed by atoms with Crippen LogP contribution in [0.25, 0.3) is 0 Å². The van der Waals surface area contributed by atoms with Gasteiger partial charge in [-0.2, -0.15) is 4.98 Å². The molecule has 1 aromatic carbocycles. The van der Waals surface area contributed by atoms with Crippen LogP contribution in [0.1, 0.15) is 17.0 Å². The van der Waals surface area contributed by atoms with E-state index in [1.165, 1.54) is 0 Å². The van der Waals surface area contributed by atoms with Crippen molar-refractivity contribution in [1.82, 2.24) is 9.97 Å². The number of methoxy groups -OCH3 is 1. The number of aryl methyl sites for hydroxylation is 1. The lowest BCUT2D eigenvalue weighted by Crippen LogP contribution is -2.05. The molecule has 20 heavy (non-hydrogen) atoms. The van der Waals surface area contributed by atoms with E-state index < -0.39 is 0 Å². The lowest BCUT2D eigenvalue weighted by atomic mass is 10.2. The average molecular weight is 273 g/mol. The second-order valence-electron chi connectivity index (χ2n) is 4.44. The quantitative estimate of drug-likeness (QED) is 0.907. The third kappa shape index (κ3) is 3.17. The molecule has 5 heteroatoms. The first-order valence-electron chi connectivity index (χ1n) is 6.42. The lowest BCUT2D eigenvalue weighted by Gasteiger charge is -2.12. The molecule has 0 aliphatic carbocycles. The molecule has 2 rings (SSSR count). The van der Waals surface area contributed by atoms with Gasteiger partial charge in [-0.1, -0.05) is 12.1 Å². The molecule has 1 aromatic heterocycles. The van der Waals surface area contributed by atoms with Gasteiger partial charge >= 0.3 is 0 Å². The minimum absolute atomic E-state index is 0.463. The van der Waals surface area contributed by atoms with Gasteiger partial charge in [0, 0.05) is 7.05 Å². The summed E-state index contributed by atoms with van der Waals surface area (Å²) in [7, 11) is 3.49. The van der Waals surface area contributed by atoms with Gasteiger partial charge in [0.1, 0.15) is 24.0 Å². The Labute approximate surface area is 119 Å². The van der Waals surface area contributed by atoms with Crippen molar-refractivity contribution >= 4 is 5.82 Å². The summed E-state index contributed by atoms with van der Waals surface area (Å²) in [4.78, 5) is 8.64. The van der Waals surface area contributed by atoms with E-state index in [1.54, 1.807) is 7.11 Å². The standard InChI is InChI=1S/C15H19N3O2/c1-10-14(16-3)17-11(2)18-15(10)20-9-12-5-7-13(19-4)8-6-12/h5-8H,9H2,1-4H3,(H,16,17,18). The van der Waals surface area contributed by atoms with Crippen molar-refractivity contribution in [2.24, 2.45) is 0 Å². The average Bonchev–Trinajstić information content (AvgIpc) is 2.48. The first-order valence-corrected chi connectivity index (χ1v) is 6.42. The van der Waals surface area contributed by atoms with Crippen molar-refractivity contribution in [3.63, 3.8) is 0 Å². The van der Waals surface area contributed by atoms with Crippen LogP contribution in [0.5, 0.6) is 11.6 Å². The molecule has 0 radical (unpaired) electrons. The number of hydrogen-bond acceptors (Lipinski definition) is 5. The monoisotopic (exact) mass is 273 g/mol. The number of aromatic nitrogens is 2. The number of nitrogens with zero attached hydrogens (tertiary/aromatic N) is 2. The highest BCUT2D eigenvalue weighted by molar-refractivity contribution is 5.48. The smallest absolute Gasteiger partial charge is 0.222 e. The van der Waals surface area contributed by atoms with E-state index >= 15 is 0 Å². The predicted molar refractivity (Wildman–Crippen MR) is 78.4 cm³/mol. The number of nitrogens with one attached hydrogen (secondary N) is 1. The number of ether oxygens (including phenoxy) is 2. The topological polar surface area (TPSA) is 56.3 Å². The van der Waals surface area contributed by atoms with Gasteiger partial charge in [0.25, 0.3) is 0 Å². The van der Waals surface area contributed by atoms with Crippen molar-refractivity contribution in [3.8, 4) is 11.6 Å². The second kappa shape index (κ2) is 6.23. The number of benzene rings is 1. The molecular formula is C15H19N3O2. The van der Waals surface area contributed by atoms with Gasteiger partial charge in [-0.25, -0.2) is 4.98 Å². The molecule has 0 aliphatic rings. The molecule has 0 atom stereocenters. The Balaban J connectivity index is 2.11. The zero-order chi connectivity index (χ0) is 14.5. The SMILES string of the molecule is CNc1nc(C)nc(OCc2ccc(OC)cc2)c1C. The largest absolute Gasteiger partial charge is 0.497 e. The fourth-order valence-electron chi connectivity index (χ4n) is 1.86. The highest BCUT2D eigenvalue weighted by Gasteiger charge is 2.09. The number of rotatable bonds is 5. The second-order valence-corrected chi connectivity index (χ2v) is 4.44. The lowest BCUT2D eigenvalue weighted by molar-refractivity contribution is 0.290. The Morgan fingerprint density at radius 3 is 2.40 bits per heavy atom. The minimum atomic E-state index is 0.463. The van der Waals surface area contributed by atoms with Crippen LogP contribution >= 0.6 is 0 Å². The third-order valence-corrected chi connectivity index (χ3v) is 2.98. The third-order valence-electron chi connectivity index (χ3n) is 2.98. The molecule has 5 nitrogen and oxygen atoms in total. The Morgan fingerprint density at radius 2 is 1.80 bits per heavy atom. The van der Waals surface area contributed by atoms with Crippen LogP contribution in [0.15, 0.2) is 24.3 Å². The van der Waals surface area contributed by atoms with Crippen LogP contribution in [0.2, 0.25) is 0 Å². The van der Waals surface area contributed by atoms with Crippen LogP contribution in [0, 0.1) is 13.8 Å².